The highest BCUT2D eigenvalue weighted by Gasteiger charge is 2.10. The van der Waals surface area contributed by atoms with Crippen LogP contribution in [0.25, 0.3) is 21.7 Å². The number of rotatable bonds is 5. The maximum atomic E-state index is 12.6. The van der Waals surface area contributed by atoms with Crippen LogP contribution in [0.4, 0.5) is 5.69 Å². The summed E-state index contributed by atoms with van der Waals surface area (Å²) in [5.74, 6) is 0.694. The minimum absolute atomic E-state index is 0.145. The van der Waals surface area contributed by atoms with Gasteiger partial charge in [0.1, 0.15) is 5.82 Å². The third-order valence-corrected chi connectivity index (χ3v) is 5.49. The second-order valence-corrected chi connectivity index (χ2v) is 7.60. The fraction of sp³-hybridized carbons (Fsp3) is 0.0455. The summed E-state index contributed by atoms with van der Waals surface area (Å²) in [5, 5.41) is 9.18. The molecule has 0 radical (unpaired) electrons. The Kier molecular flexibility index (Phi) is 4.42. The number of nitrogens with one attached hydrogen (secondary N) is 2. The lowest BCUT2D eigenvalue weighted by molar-refractivity contribution is 0.102. The predicted octanol–water partition coefficient (Wildman–Crippen LogP) is 4.79. The molecule has 3 aromatic heterocycles. The number of carbonyl (C=O) groups excluding carboxylic acids is 1. The van der Waals surface area contributed by atoms with E-state index in [0.717, 1.165) is 33.0 Å². The number of hydrogen-bond acceptors (Lipinski definition) is 4. The van der Waals surface area contributed by atoms with Gasteiger partial charge in [0, 0.05) is 23.6 Å². The quantitative estimate of drug-likeness (QED) is 0.446. The Bertz CT molecular complexity index is 1250. The number of amides is 1. The van der Waals surface area contributed by atoms with Gasteiger partial charge in [0.15, 0.2) is 0 Å². The second kappa shape index (κ2) is 7.37. The Hall–Kier alpha value is -3.71. The lowest BCUT2D eigenvalue weighted by Gasteiger charge is -2.07. The third kappa shape index (κ3) is 3.68. The van der Waals surface area contributed by atoms with Crippen LogP contribution in [0.1, 0.15) is 15.9 Å². The number of imidazole rings is 1. The fourth-order valence-corrected chi connectivity index (χ4v) is 3.83. The molecule has 0 aliphatic carbocycles. The number of aromatic nitrogens is 4. The van der Waals surface area contributed by atoms with Gasteiger partial charge in [-0.05, 0) is 53.4 Å². The average Bonchev–Trinajstić information content (AvgIpc) is 3.49. The summed E-state index contributed by atoms with van der Waals surface area (Å²) in [6.45, 7) is 0.679. The monoisotopic (exact) mass is 399 g/mol. The first-order chi connectivity index (χ1) is 14.2. The number of hydrogen-bond donors (Lipinski definition) is 2. The molecule has 0 aliphatic rings. The summed E-state index contributed by atoms with van der Waals surface area (Å²) in [6.07, 6.45) is 3.66. The van der Waals surface area contributed by atoms with Crippen molar-refractivity contribution in [1.29, 1.82) is 0 Å². The van der Waals surface area contributed by atoms with Gasteiger partial charge in [0.25, 0.3) is 5.91 Å². The molecule has 6 nitrogen and oxygen atoms in total. The molecule has 0 spiro atoms. The van der Waals surface area contributed by atoms with Crippen LogP contribution in [-0.4, -0.2) is 25.7 Å². The summed E-state index contributed by atoms with van der Waals surface area (Å²) in [5.41, 5.74) is 4.18. The number of anilines is 1. The van der Waals surface area contributed by atoms with Crippen LogP contribution < -0.4 is 5.32 Å². The predicted molar refractivity (Wildman–Crippen MR) is 115 cm³/mol. The topological polar surface area (TPSA) is 75.6 Å². The number of thiophene rings is 1. The van der Waals surface area contributed by atoms with Crippen LogP contribution in [-0.2, 0) is 6.54 Å². The fourth-order valence-electron chi connectivity index (χ4n) is 3.16. The lowest BCUT2D eigenvalue weighted by atomic mass is 10.1. The molecule has 2 N–H and O–H groups in total. The normalized spacial score (nSPS) is 11.0. The van der Waals surface area contributed by atoms with Crippen LogP contribution in [0.5, 0.6) is 0 Å². The van der Waals surface area contributed by atoms with Gasteiger partial charge < -0.3 is 10.3 Å². The van der Waals surface area contributed by atoms with Crippen molar-refractivity contribution in [3.63, 3.8) is 0 Å². The van der Waals surface area contributed by atoms with Crippen molar-refractivity contribution in [2.24, 2.45) is 0 Å². The van der Waals surface area contributed by atoms with E-state index in [2.05, 4.69) is 20.4 Å². The van der Waals surface area contributed by atoms with Gasteiger partial charge >= 0.3 is 0 Å². The molecule has 0 unspecified atom stereocenters. The zero-order chi connectivity index (χ0) is 19.6. The highest BCUT2D eigenvalue weighted by atomic mass is 32.1. The van der Waals surface area contributed by atoms with Crippen LogP contribution >= 0.6 is 11.3 Å². The van der Waals surface area contributed by atoms with Crippen molar-refractivity contribution < 1.29 is 4.79 Å². The number of carbonyl (C=O) groups is 1. The Labute approximate surface area is 170 Å². The van der Waals surface area contributed by atoms with Crippen LogP contribution in [0.15, 0.2) is 78.4 Å². The minimum Gasteiger partial charge on any atom is -0.337 e. The molecule has 0 saturated heterocycles. The Morgan fingerprint density at radius 2 is 2.00 bits per heavy atom. The number of aromatic amines is 1. The maximum absolute atomic E-state index is 12.6. The zero-order valence-corrected chi connectivity index (χ0v) is 16.2. The summed E-state index contributed by atoms with van der Waals surface area (Å²) < 4.78 is 1.85. The molecular weight excluding hydrogens is 382 g/mol. The molecule has 0 bridgehead atoms. The van der Waals surface area contributed by atoms with E-state index in [1.807, 2.05) is 76.9 Å². The number of fused-ring (bicyclic) bond motifs is 1. The lowest BCUT2D eigenvalue weighted by Crippen LogP contribution is -2.12. The maximum Gasteiger partial charge on any atom is 0.255 e. The van der Waals surface area contributed by atoms with Crippen molar-refractivity contribution >= 4 is 34.0 Å². The largest absolute Gasteiger partial charge is 0.337 e. The first-order valence-electron chi connectivity index (χ1n) is 9.16. The van der Waals surface area contributed by atoms with E-state index in [4.69, 9.17) is 0 Å². The Morgan fingerprint density at radius 1 is 1.10 bits per heavy atom. The van der Waals surface area contributed by atoms with Crippen molar-refractivity contribution in [1.82, 2.24) is 19.7 Å². The molecule has 2 aromatic carbocycles. The Morgan fingerprint density at radius 3 is 2.76 bits per heavy atom. The smallest absolute Gasteiger partial charge is 0.255 e. The summed E-state index contributed by atoms with van der Waals surface area (Å²) in [7, 11) is 0. The third-order valence-electron chi connectivity index (χ3n) is 4.61. The molecule has 7 heteroatoms. The van der Waals surface area contributed by atoms with E-state index < -0.39 is 0 Å². The van der Waals surface area contributed by atoms with Gasteiger partial charge in [0.2, 0.25) is 0 Å². The van der Waals surface area contributed by atoms with E-state index in [-0.39, 0.29) is 5.91 Å². The molecule has 0 saturated carbocycles. The molecule has 1 amide bonds. The highest BCUT2D eigenvalue weighted by Crippen LogP contribution is 2.26. The molecule has 5 aromatic rings. The van der Waals surface area contributed by atoms with Gasteiger partial charge in [-0.2, -0.15) is 5.10 Å². The second-order valence-electron chi connectivity index (χ2n) is 6.65. The first-order valence-corrected chi connectivity index (χ1v) is 10.0. The van der Waals surface area contributed by atoms with E-state index in [1.165, 1.54) is 0 Å². The summed E-state index contributed by atoms with van der Waals surface area (Å²) in [6, 6.07) is 19.2. The van der Waals surface area contributed by atoms with Crippen LogP contribution in [0.3, 0.4) is 0 Å². The number of nitrogens with zero attached hydrogens (tertiary/aromatic N) is 3. The molecule has 29 heavy (non-hydrogen) atoms. The van der Waals surface area contributed by atoms with Crippen molar-refractivity contribution in [3.05, 3.63) is 89.6 Å². The van der Waals surface area contributed by atoms with E-state index >= 15 is 0 Å². The van der Waals surface area contributed by atoms with Crippen molar-refractivity contribution in [2.75, 3.05) is 5.32 Å². The van der Waals surface area contributed by atoms with E-state index in [1.54, 1.807) is 17.5 Å². The molecule has 0 atom stereocenters. The highest BCUT2D eigenvalue weighted by molar-refractivity contribution is 7.13. The zero-order valence-electron chi connectivity index (χ0n) is 15.4. The van der Waals surface area contributed by atoms with Gasteiger partial charge in [0.05, 0.1) is 22.5 Å². The van der Waals surface area contributed by atoms with Gasteiger partial charge in [-0.25, -0.2) is 4.98 Å². The van der Waals surface area contributed by atoms with Crippen LogP contribution in [0.2, 0.25) is 0 Å². The van der Waals surface area contributed by atoms with Crippen LogP contribution in [0, 0.1) is 0 Å². The standard InChI is InChI=1S/C22H17N5OS/c28-22(16-6-4-15(5-7-16)14-27-11-2-10-23-27)24-17-8-9-18-19(13-17)26-21(25-18)20-3-1-12-29-20/h1-13H,14H2,(H,24,28)(H,25,26). The van der Waals surface area contributed by atoms with Gasteiger partial charge in [-0.1, -0.05) is 18.2 Å². The van der Waals surface area contributed by atoms with Crippen molar-refractivity contribution in [2.45, 2.75) is 6.54 Å². The minimum atomic E-state index is -0.145. The van der Waals surface area contributed by atoms with Crippen molar-refractivity contribution in [3.8, 4) is 10.7 Å². The first kappa shape index (κ1) is 17.4. The average molecular weight is 399 g/mol. The number of benzene rings is 2. The number of H-pyrrole nitrogens is 1. The summed E-state index contributed by atoms with van der Waals surface area (Å²) >= 11 is 1.64. The van der Waals surface area contributed by atoms with Gasteiger partial charge in [-0.3, -0.25) is 9.48 Å². The van der Waals surface area contributed by atoms with E-state index in [9.17, 15) is 4.79 Å². The molecule has 0 fully saturated rings. The molecule has 3 heterocycles. The van der Waals surface area contributed by atoms with Gasteiger partial charge in [-0.15, -0.1) is 11.3 Å². The molecular formula is C22H17N5OS. The SMILES string of the molecule is O=C(Nc1ccc2nc(-c3cccs3)[nH]c2c1)c1ccc(Cn2cccn2)cc1. The summed E-state index contributed by atoms with van der Waals surface area (Å²) in [4.78, 5) is 21.6. The molecule has 5 rings (SSSR count). The van der Waals surface area contributed by atoms with E-state index in [0.29, 0.717) is 12.1 Å². The molecule has 142 valence electrons. The molecule has 0 aliphatic heterocycles. The Balaban J connectivity index is 1.31.